The topological polar surface area (TPSA) is 160 Å². The van der Waals surface area contributed by atoms with E-state index in [1.807, 2.05) is 30.3 Å². The molecule has 0 radical (unpaired) electrons. The number of aliphatic carboxylic acids is 1. The van der Waals surface area contributed by atoms with Crippen LogP contribution in [0.4, 0.5) is 10.5 Å². The molecule has 3 rings (SSSR count). The molecule has 252 valence electrons. The summed E-state index contributed by atoms with van der Waals surface area (Å²) in [7, 11) is 0. The summed E-state index contributed by atoms with van der Waals surface area (Å²) < 4.78 is 5.82. The molecule has 7 N–H and O–H groups in total. The molecule has 0 saturated heterocycles. The summed E-state index contributed by atoms with van der Waals surface area (Å²) >= 11 is 0. The second-order valence-corrected chi connectivity index (χ2v) is 11.1. The van der Waals surface area contributed by atoms with E-state index in [2.05, 4.69) is 40.2 Å². The van der Waals surface area contributed by atoms with Crippen LogP contribution in [0.25, 0.3) is 0 Å². The molecule has 0 aliphatic rings. The number of para-hydroxylation sites is 1. The van der Waals surface area contributed by atoms with Gasteiger partial charge in [-0.2, -0.15) is 0 Å². The van der Waals surface area contributed by atoms with Crippen molar-refractivity contribution in [3.05, 3.63) is 95.1 Å². The van der Waals surface area contributed by atoms with Crippen LogP contribution in [0.1, 0.15) is 73.8 Å². The van der Waals surface area contributed by atoms with Gasteiger partial charge in [-0.3, -0.25) is 4.79 Å². The molecule has 0 bridgehead atoms. The zero-order valence-corrected chi connectivity index (χ0v) is 26.9. The summed E-state index contributed by atoms with van der Waals surface area (Å²) in [6.45, 7) is 4.27. The van der Waals surface area contributed by atoms with Crippen LogP contribution in [0.2, 0.25) is 0 Å². The van der Waals surface area contributed by atoms with Crippen LogP contribution in [0.5, 0.6) is 5.75 Å². The average molecular weight is 638 g/mol. The van der Waals surface area contributed by atoms with E-state index in [9.17, 15) is 20.1 Å². The smallest absolute Gasteiger partial charge is 0.319 e. The number of hydrogen-bond donors (Lipinski definition) is 7. The van der Waals surface area contributed by atoms with Gasteiger partial charge in [-0.1, -0.05) is 61.4 Å². The lowest BCUT2D eigenvalue weighted by molar-refractivity contribution is -0.134. The van der Waals surface area contributed by atoms with Gasteiger partial charge in [0.2, 0.25) is 0 Å². The molecule has 0 spiro atoms. The quantitative estimate of drug-likeness (QED) is 0.0793. The maximum absolute atomic E-state index is 12.0. The first-order valence-corrected chi connectivity index (χ1v) is 16.0. The number of carbonyl (C=O) groups excluding carboxylic acids is 1. The van der Waals surface area contributed by atoms with Gasteiger partial charge in [0.05, 0.1) is 12.7 Å². The number of benzene rings is 3. The summed E-state index contributed by atoms with van der Waals surface area (Å²) in [5.74, 6) is -0.791. The van der Waals surface area contributed by atoms with Gasteiger partial charge >= 0.3 is 6.03 Å². The Kier molecular flexibility index (Phi) is 19.4. The lowest BCUT2D eigenvalue weighted by Gasteiger charge is -2.14. The minimum Gasteiger partial charge on any atom is -0.508 e. The first-order chi connectivity index (χ1) is 22.3. The highest BCUT2D eigenvalue weighted by Gasteiger charge is 2.10. The fourth-order valence-corrected chi connectivity index (χ4v) is 4.70. The molecule has 1 atom stereocenters. The number of nitrogens with one attached hydrogen (secondary N) is 3. The molecule has 0 heterocycles. The predicted molar refractivity (Wildman–Crippen MR) is 181 cm³/mol. The van der Waals surface area contributed by atoms with Crippen molar-refractivity contribution in [2.75, 3.05) is 38.2 Å². The van der Waals surface area contributed by atoms with Crippen LogP contribution in [-0.4, -0.2) is 65.3 Å². The molecule has 3 aromatic carbocycles. The van der Waals surface area contributed by atoms with E-state index >= 15 is 0 Å². The van der Waals surface area contributed by atoms with Gasteiger partial charge in [-0.15, -0.1) is 0 Å². The molecule has 3 aromatic rings. The Morgan fingerprint density at radius 2 is 1.48 bits per heavy atom. The van der Waals surface area contributed by atoms with Crippen LogP contribution in [-0.2, 0) is 29.0 Å². The van der Waals surface area contributed by atoms with Crippen molar-refractivity contribution in [2.24, 2.45) is 0 Å². The van der Waals surface area contributed by atoms with Crippen LogP contribution in [0.15, 0.2) is 72.8 Å². The first-order valence-electron chi connectivity index (χ1n) is 16.0. The average Bonchev–Trinajstić information content (AvgIpc) is 3.04. The number of anilines is 1. The van der Waals surface area contributed by atoms with Gasteiger partial charge in [-0.25, -0.2) is 4.79 Å². The van der Waals surface area contributed by atoms with Gasteiger partial charge < -0.3 is 41.1 Å². The third-order valence-electron chi connectivity index (χ3n) is 7.11. The van der Waals surface area contributed by atoms with Crippen LogP contribution in [0.3, 0.4) is 0 Å². The SMILES string of the molecule is CC(=O)O.O=C(NCCc1cccc(CCCCOCCCCCCNC[C@H](O)c2ccc(O)c(CO)c2)c1)Nc1ccccc1. The standard InChI is InChI=1S/C34H47N3O5.C2H4O2/c38-26-30-24-29(16-17-32(30)39)33(40)25-35-19-7-1-2-8-21-42-22-9-6-11-27-12-10-13-28(23-27)18-20-36-34(41)37-31-14-4-3-5-15-31;1-2(3)4/h3-5,10,12-17,23-24,33,35,38-40H,1-2,6-9,11,18-22,25-26H2,(H2,36,37,41);1H3,(H,3,4)/t33-;/m0./s1. The Morgan fingerprint density at radius 3 is 2.20 bits per heavy atom. The number of aliphatic hydroxyl groups is 2. The Labute approximate surface area is 272 Å². The molecule has 10 heteroatoms. The van der Waals surface area contributed by atoms with Crippen molar-refractivity contribution in [2.45, 2.75) is 71.0 Å². The summed E-state index contributed by atoms with van der Waals surface area (Å²) in [5.41, 5.74) is 4.44. The summed E-state index contributed by atoms with van der Waals surface area (Å²) in [4.78, 5) is 21.0. The van der Waals surface area contributed by atoms with E-state index in [4.69, 9.17) is 14.6 Å². The third-order valence-corrected chi connectivity index (χ3v) is 7.11. The van der Waals surface area contributed by atoms with Crippen molar-refractivity contribution < 1.29 is 34.8 Å². The molecule has 0 unspecified atom stereocenters. The van der Waals surface area contributed by atoms with Crippen LogP contribution < -0.4 is 16.0 Å². The largest absolute Gasteiger partial charge is 0.508 e. The molecule has 0 aliphatic carbocycles. The Balaban J connectivity index is 0.00000173. The highest BCUT2D eigenvalue weighted by Crippen LogP contribution is 2.22. The maximum atomic E-state index is 12.0. The Hall–Kier alpha value is -3.96. The first kappa shape index (κ1) is 38.2. The molecule has 10 nitrogen and oxygen atoms in total. The molecule has 2 amide bonds. The Morgan fingerprint density at radius 1 is 0.804 bits per heavy atom. The highest BCUT2D eigenvalue weighted by atomic mass is 16.5. The highest BCUT2D eigenvalue weighted by molar-refractivity contribution is 5.89. The summed E-state index contributed by atoms with van der Waals surface area (Å²) in [6, 6.07) is 22.6. The minimum absolute atomic E-state index is 0.0421. The normalized spacial score (nSPS) is 11.3. The second kappa shape index (κ2) is 23.4. The number of aromatic hydroxyl groups is 1. The molecular weight excluding hydrogens is 586 g/mol. The number of amides is 2. The van der Waals surface area contributed by atoms with Crippen molar-refractivity contribution in [1.29, 1.82) is 0 Å². The lowest BCUT2D eigenvalue weighted by Crippen LogP contribution is -2.30. The number of aryl methyl sites for hydroxylation is 1. The van der Waals surface area contributed by atoms with E-state index in [0.717, 1.165) is 83.7 Å². The lowest BCUT2D eigenvalue weighted by atomic mass is 10.0. The number of carboxylic acid groups (broad SMARTS) is 1. The van der Waals surface area contributed by atoms with Gasteiger partial charge in [-0.05, 0) is 86.0 Å². The number of carbonyl (C=O) groups is 2. The van der Waals surface area contributed by atoms with E-state index in [-0.39, 0.29) is 18.4 Å². The second-order valence-electron chi connectivity index (χ2n) is 11.1. The number of phenols is 1. The fraction of sp³-hybridized carbons (Fsp3) is 0.444. The third kappa shape index (κ3) is 17.5. The van der Waals surface area contributed by atoms with Crippen LogP contribution >= 0.6 is 0 Å². The Bertz CT molecular complexity index is 1270. The number of aliphatic hydroxyl groups excluding tert-OH is 2. The molecular formula is C36H51N3O7. The number of rotatable bonds is 20. The van der Waals surface area contributed by atoms with Gasteiger partial charge in [0, 0.05) is 44.5 Å². The number of carboxylic acids is 1. The zero-order chi connectivity index (χ0) is 33.4. The van der Waals surface area contributed by atoms with Gasteiger partial charge in [0.15, 0.2) is 0 Å². The molecule has 0 aromatic heterocycles. The fourth-order valence-electron chi connectivity index (χ4n) is 4.70. The maximum Gasteiger partial charge on any atom is 0.319 e. The van der Waals surface area contributed by atoms with E-state index in [0.29, 0.717) is 24.2 Å². The van der Waals surface area contributed by atoms with Crippen molar-refractivity contribution in [3.8, 4) is 5.75 Å². The van der Waals surface area contributed by atoms with Crippen molar-refractivity contribution in [3.63, 3.8) is 0 Å². The molecule has 46 heavy (non-hydrogen) atoms. The zero-order valence-electron chi connectivity index (χ0n) is 26.9. The van der Waals surface area contributed by atoms with E-state index in [1.54, 1.807) is 12.1 Å². The number of urea groups is 1. The number of ether oxygens (including phenoxy) is 1. The van der Waals surface area contributed by atoms with E-state index in [1.165, 1.54) is 17.2 Å². The number of hydrogen-bond acceptors (Lipinski definition) is 7. The summed E-state index contributed by atoms with van der Waals surface area (Å²) in [6.07, 6.45) is 7.61. The monoisotopic (exact) mass is 637 g/mol. The molecule has 0 fully saturated rings. The summed E-state index contributed by atoms with van der Waals surface area (Å²) in [5, 5.41) is 45.6. The van der Waals surface area contributed by atoms with Gasteiger partial charge in [0.1, 0.15) is 5.75 Å². The van der Waals surface area contributed by atoms with E-state index < -0.39 is 12.1 Å². The minimum atomic E-state index is -0.833. The van der Waals surface area contributed by atoms with Crippen LogP contribution in [0, 0.1) is 0 Å². The number of unbranched alkanes of at least 4 members (excludes halogenated alkanes) is 4. The molecule has 0 aliphatic heterocycles. The van der Waals surface area contributed by atoms with Crippen molar-refractivity contribution >= 4 is 17.7 Å². The van der Waals surface area contributed by atoms with Crippen molar-refractivity contribution in [1.82, 2.24) is 10.6 Å². The predicted octanol–water partition coefficient (Wildman–Crippen LogP) is 5.56. The molecule has 0 saturated carbocycles. The van der Waals surface area contributed by atoms with Gasteiger partial charge in [0.25, 0.3) is 5.97 Å².